The van der Waals surface area contributed by atoms with E-state index in [0.29, 0.717) is 5.75 Å². The highest BCUT2D eigenvalue weighted by Gasteiger charge is 2.16. The van der Waals surface area contributed by atoms with Gasteiger partial charge in [0.15, 0.2) is 6.10 Å². The van der Waals surface area contributed by atoms with E-state index in [-0.39, 0.29) is 24.9 Å². The normalized spacial score (nSPS) is 11.1. The van der Waals surface area contributed by atoms with Crippen LogP contribution in [0.2, 0.25) is 0 Å². The van der Waals surface area contributed by atoms with Crippen LogP contribution in [0.1, 0.15) is 6.92 Å². The summed E-state index contributed by atoms with van der Waals surface area (Å²) in [5.74, 6) is 2.11. The van der Waals surface area contributed by atoms with E-state index in [2.05, 4.69) is 32.5 Å². The summed E-state index contributed by atoms with van der Waals surface area (Å²) in [4.78, 5) is 23.0. The van der Waals surface area contributed by atoms with Crippen molar-refractivity contribution < 1.29 is 14.3 Å². The van der Waals surface area contributed by atoms with Gasteiger partial charge < -0.3 is 15.4 Å². The molecule has 0 heterocycles. The quantitative estimate of drug-likeness (QED) is 0.763. The Labute approximate surface area is 126 Å². The number of terminal acetylenes is 1. The first-order valence-electron chi connectivity index (χ1n) is 5.93. The Morgan fingerprint density at radius 3 is 2.75 bits per heavy atom. The van der Waals surface area contributed by atoms with E-state index in [9.17, 15) is 9.59 Å². The number of carbonyl (C=O) groups is 2. The number of ether oxygens (including phenoxy) is 1. The largest absolute Gasteiger partial charge is 0.480 e. The van der Waals surface area contributed by atoms with Gasteiger partial charge in [-0.1, -0.05) is 18.1 Å². The molecule has 1 atom stereocenters. The molecule has 1 aromatic rings. The molecule has 0 bridgehead atoms. The summed E-state index contributed by atoms with van der Waals surface area (Å²) in [5.41, 5.74) is 0. The van der Waals surface area contributed by atoms with Crippen LogP contribution in [0.15, 0.2) is 28.7 Å². The average Bonchev–Trinajstić information content (AvgIpc) is 2.44. The van der Waals surface area contributed by atoms with Crippen LogP contribution in [0.4, 0.5) is 0 Å². The van der Waals surface area contributed by atoms with Gasteiger partial charge in [0.2, 0.25) is 5.91 Å². The third kappa shape index (κ3) is 5.33. The molecule has 5 nitrogen and oxygen atoms in total. The highest BCUT2D eigenvalue weighted by atomic mass is 79.9. The fourth-order valence-electron chi connectivity index (χ4n) is 1.31. The lowest BCUT2D eigenvalue weighted by atomic mass is 10.3. The van der Waals surface area contributed by atoms with Crippen LogP contribution >= 0.6 is 15.9 Å². The zero-order valence-corrected chi connectivity index (χ0v) is 12.6. The molecule has 0 aliphatic rings. The van der Waals surface area contributed by atoms with Crippen molar-refractivity contribution in [3.05, 3.63) is 28.7 Å². The van der Waals surface area contributed by atoms with Crippen molar-refractivity contribution in [3.8, 4) is 18.1 Å². The summed E-state index contributed by atoms with van der Waals surface area (Å²) < 4.78 is 6.25. The highest BCUT2D eigenvalue weighted by Crippen LogP contribution is 2.24. The molecule has 106 valence electrons. The maximum Gasteiger partial charge on any atom is 0.261 e. The number of rotatable bonds is 6. The molecule has 0 radical (unpaired) electrons. The van der Waals surface area contributed by atoms with E-state index in [1.807, 2.05) is 12.1 Å². The summed E-state index contributed by atoms with van der Waals surface area (Å²) >= 11 is 3.32. The van der Waals surface area contributed by atoms with Gasteiger partial charge in [0.1, 0.15) is 5.75 Å². The first-order valence-corrected chi connectivity index (χ1v) is 6.73. The Kier molecular flexibility index (Phi) is 6.60. The molecule has 2 N–H and O–H groups in total. The Hall–Kier alpha value is -2.00. The van der Waals surface area contributed by atoms with Gasteiger partial charge in [-0.3, -0.25) is 9.59 Å². The summed E-state index contributed by atoms with van der Waals surface area (Å²) in [5, 5.41) is 4.92. The average molecular weight is 339 g/mol. The molecule has 0 aliphatic carbocycles. The number of amides is 2. The number of nitrogens with one attached hydrogen (secondary N) is 2. The summed E-state index contributed by atoms with van der Waals surface area (Å²) in [7, 11) is 0. The number of carbonyl (C=O) groups excluding carboxylic acids is 2. The minimum atomic E-state index is -0.714. The standard InChI is InChI=1S/C14H15BrN2O3/c1-3-8-16-13(18)9-17-14(19)10(2)20-12-7-5-4-6-11(12)15/h1,4-7,10H,8-9H2,2H3,(H,16,18)(H,17,19). The van der Waals surface area contributed by atoms with Gasteiger partial charge in [-0.2, -0.15) is 0 Å². The van der Waals surface area contributed by atoms with Gasteiger partial charge in [0.05, 0.1) is 17.6 Å². The topological polar surface area (TPSA) is 67.4 Å². The van der Waals surface area contributed by atoms with Crippen LogP contribution in [0.5, 0.6) is 5.75 Å². The number of para-hydroxylation sites is 1. The van der Waals surface area contributed by atoms with Crippen LogP contribution in [-0.4, -0.2) is 31.0 Å². The van der Waals surface area contributed by atoms with Crippen LogP contribution in [-0.2, 0) is 9.59 Å². The Morgan fingerprint density at radius 2 is 2.10 bits per heavy atom. The molecule has 0 spiro atoms. The van der Waals surface area contributed by atoms with Crippen LogP contribution in [0.3, 0.4) is 0 Å². The van der Waals surface area contributed by atoms with Crippen molar-refractivity contribution >= 4 is 27.7 Å². The van der Waals surface area contributed by atoms with Crippen molar-refractivity contribution in [1.82, 2.24) is 10.6 Å². The van der Waals surface area contributed by atoms with E-state index in [1.54, 1.807) is 19.1 Å². The lowest BCUT2D eigenvalue weighted by Crippen LogP contribution is -2.42. The predicted octanol–water partition coefficient (Wildman–Crippen LogP) is 1.08. The van der Waals surface area contributed by atoms with Crippen molar-refractivity contribution in [1.29, 1.82) is 0 Å². The third-order valence-corrected chi connectivity index (χ3v) is 2.98. The molecule has 0 saturated carbocycles. The predicted molar refractivity (Wildman–Crippen MR) is 79.1 cm³/mol. The van der Waals surface area contributed by atoms with E-state index < -0.39 is 6.10 Å². The SMILES string of the molecule is C#CCNC(=O)CNC(=O)C(C)Oc1ccccc1Br. The van der Waals surface area contributed by atoms with Crippen molar-refractivity contribution in [2.75, 3.05) is 13.1 Å². The second kappa shape index (κ2) is 8.23. The maximum absolute atomic E-state index is 11.8. The second-order valence-electron chi connectivity index (χ2n) is 3.89. The minimum absolute atomic E-state index is 0.135. The first kappa shape index (κ1) is 16.1. The molecular formula is C14H15BrN2O3. The zero-order valence-electron chi connectivity index (χ0n) is 11.0. The van der Waals surface area contributed by atoms with Gasteiger partial charge in [-0.15, -0.1) is 6.42 Å². The molecule has 0 fully saturated rings. The smallest absolute Gasteiger partial charge is 0.261 e. The minimum Gasteiger partial charge on any atom is -0.480 e. The van der Waals surface area contributed by atoms with Crippen LogP contribution < -0.4 is 15.4 Å². The molecule has 0 saturated heterocycles. The monoisotopic (exact) mass is 338 g/mol. The number of benzene rings is 1. The Bertz CT molecular complexity index is 525. The van der Waals surface area contributed by atoms with Gasteiger partial charge in [0, 0.05) is 0 Å². The summed E-state index contributed by atoms with van der Waals surface area (Å²) in [6.07, 6.45) is 4.29. The van der Waals surface area contributed by atoms with Gasteiger partial charge in [0.25, 0.3) is 5.91 Å². The Morgan fingerprint density at radius 1 is 1.40 bits per heavy atom. The molecule has 20 heavy (non-hydrogen) atoms. The van der Waals surface area contributed by atoms with Gasteiger partial charge in [-0.05, 0) is 35.0 Å². The fourth-order valence-corrected chi connectivity index (χ4v) is 1.69. The van der Waals surface area contributed by atoms with Crippen LogP contribution in [0, 0.1) is 12.3 Å². The Balaban J connectivity index is 2.42. The van der Waals surface area contributed by atoms with E-state index in [4.69, 9.17) is 11.2 Å². The lowest BCUT2D eigenvalue weighted by molar-refractivity contribution is -0.130. The molecule has 6 heteroatoms. The molecule has 1 unspecified atom stereocenters. The van der Waals surface area contributed by atoms with E-state index in [1.165, 1.54) is 0 Å². The van der Waals surface area contributed by atoms with Crippen molar-refractivity contribution in [3.63, 3.8) is 0 Å². The molecule has 1 rings (SSSR count). The molecule has 1 aromatic carbocycles. The number of halogens is 1. The van der Waals surface area contributed by atoms with E-state index in [0.717, 1.165) is 4.47 Å². The summed E-state index contributed by atoms with van der Waals surface area (Å²) in [6, 6.07) is 7.20. The zero-order chi connectivity index (χ0) is 15.0. The van der Waals surface area contributed by atoms with Gasteiger partial charge >= 0.3 is 0 Å². The second-order valence-corrected chi connectivity index (χ2v) is 4.74. The first-order chi connectivity index (χ1) is 9.54. The molecule has 2 amide bonds. The van der Waals surface area contributed by atoms with Gasteiger partial charge in [-0.25, -0.2) is 0 Å². The van der Waals surface area contributed by atoms with Crippen molar-refractivity contribution in [2.45, 2.75) is 13.0 Å². The number of hydrogen-bond donors (Lipinski definition) is 2. The van der Waals surface area contributed by atoms with Crippen LogP contribution in [0.25, 0.3) is 0 Å². The highest BCUT2D eigenvalue weighted by molar-refractivity contribution is 9.10. The third-order valence-electron chi connectivity index (χ3n) is 2.32. The fraction of sp³-hybridized carbons (Fsp3) is 0.286. The molecule has 0 aromatic heterocycles. The summed E-state index contributed by atoms with van der Waals surface area (Å²) in [6.45, 7) is 1.61. The lowest BCUT2D eigenvalue weighted by Gasteiger charge is -2.15. The number of hydrogen-bond acceptors (Lipinski definition) is 3. The molecular weight excluding hydrogens is 324 g/mol. The van der Waals surface area contributed by atoms with E-state index >= 15 is 0 Å². The molecule has 0 aliphatic heterocycles. The maximum atomic E-state index is 11.8. The van der Waals surface area contributed by atoms with Crippen molar-refractivity contribution in [2.24, 2.45) is 0 Å².